The smallest absolute Gasteiger partial charge is 0.342 e. The molecule has 2 amide bonds. The van der Waals surface area contributed by atoms with Gasteiger partial charge in [0.05, 0.1) is 20.3 Å². The molecular formula is C34H44N6O16S. The molecule has 0 aliphatic carbocycles. The summed E-state index contributed by atoms with van der Waals surface area (Å²) in [5, 5.41) is 80.9. The molecule has 3 aromatic rings. The Morgan fingerprint density at radius 1 is 1.02 bits per heavy atom. The second-order valence-electron chi connectivity index (χ2n) is 12.9. The number of hydrogen-bond donors (Lipinski definition) is 10. The number of cyclic esters (lactones) is 1. The predicted octanol–water partition coefficient (Wildman–Crippen LogP) is -1.88. The number of amides is 2. The number of aliphatic hydroxyl groups excluding tert-OH is 6. The zero-order valence-corrected chi connectivity index (χ0v) is 31.6. The third-order valence-corrected chi connectivity index (χ3v) is 10.0. The number of nitrogens with zero attached hydrogens (tertiary/aromatic N) is 4. The topological polar surface area (TPSA) is 363 Å². The van der Waals surface area contributed by atoms with Gasteiger partial charge in [-0.2, -0.15) is 0 Å². The first-order valence-electron chi connectivity index (χ1n) is 17.1. The summed E-state index contributed by atoms with van der Waals surface area (Å²) in [6.45, 7) is 2.96. The van der Waals surface area contributed by atoms with E-state index in [0.29, 0.717) is 34.7 Å². The minimum atomic E-state index is -1.27. The highest BCUT2D eigenvalue weighted by Crippen LogP contribution is 2.42. The summed E-state index contributed by atoms with van der Waals surface area (Å²) in [6, 6.07) is 0. The van der Waals surface area contributed by atoms with Crippen molar-refractivity contribution in [1.82, 2.24) is 19.7 Å². The lowest BCUT2D eigenvalue weighted by Gasteiger charge is -2.15. The molecule has 6 rings (SSSR count). The standard InChI is InChI=1S/C17H20O6.C9H12N2O5S.C8H12N4O5/c1-9(5-7-13(18)19)4-6-11-15(20)14-12(8-23-17(14)21)10(2)16(11)22-3;10-8(15)3-2-17-9(11-3)7-6(14)5(13)4(1-12)16-7;9-6(16)7-10-2-12(11-7)8-5(15)4(14)3(1-13)17-8/h4,20H,5-8H2,1-3H3,(H,18,19);2,4-7,12-14H,1H2,(H2,10,15);2-5,8,13-15H,1H2,(H2,9,16)/b9-4+;;/t;4-,5-,6-,7-;3-,4-,5-,8-/m.11/s1. The lowest BCUT2D eigenvalue weighted by molar-refractivity contribution is -0.136. The molecular weight excluding hydrogens is 780 g/mol. The fourth-order valence-electron chi connectivity index (χ4n) is 5.95. The van der Waals surface area contributed by atoms with Crippen LogP contribution in [0.5, 0.6) is 11.5 Å². The van der Waals surface area contributed by atoms with Gasteiger partial charge in [-0.25, -0.2) is 19.4 Å². The van der Waals surface area contributed by atoms with Gasteiger partial charge in [0.1, 0.15) is 83.4 Å². The van der Waals surface area contributed by atoms with Crippen LogP contribution in [-0.4, -0.2) is 141 Å². The minimum absolute atomic E-state index is 0.0565. The zero-order chi connectivity index (χ0) is 42.3. The molecule has 1 aromatic carbocycles. The average molecular weight is 825 g/mol. The van der Waals surface area contributed by atoms with Crippen LogP contribution in [0.25, 0.3) is 0 Å². The van der Waals surface area contributed by atoms with E-state index in [1.807, 2.05) is 19.9 Å². The number of carbonyl (C=O) groups is 4. The molecule has 2 fully saturated rings. The zero-order valence-electron chi connectivity index (χ0n) is 30.8. The molecule has 5 heterocycles. The highest BCUT2D eigenvalue weighted by atomic mass is 32.1. The number of phenols is 1. The van der Waals surface area contributed by atoms with Gasteiger partial charge >= 0.3 is 11.9 Å². The van der Waals surface area contributed by atoms with Gasteiger partial charge in [-0.3, -0.25) is 14.4 Å². The number of esters is 1. The summed E-state index contributed by atoms with van der Waals surface area (Å²) in [5.41, 5.74) is 13.2. The number of ether oxygens (including phenoxy) is 4. The molecule has 0 radical (unpaired) electrons. The highest BCUT2D eigenvalue weighted by molar-refractivity contribution is 7.09. The number of carbonyl (C=O) groups excluding carboxylic acids is 3. The van der Waals surface area contributed by atoms with Crippen LogP contribution in [0.3, 0.4) is 0 Å². The van der Waals surface area contributed by atoms with Gasteiger partial charge in [-0.05, 0) is 32.3 Å². The number of allylic oxidation sites excluding steroid dienone is 2. The maximum atomic E-state index is 11.8. The van der Waals surface area contributed by atoms with Gasteiger partial charge in [0.2, 0.25) is 5.82 Å². The average Bonchev–Trinajstić information content (AvgIpc) is 4.02. The number of carboxylic acid groups (broad SMARTS) is 1. The van der Waals surface area contributed by atoms with E-state index in [1.54, 1.807) is 0 Å². The van der Waals surface area contributed by atoms with E-state index in [9.17, 15) is 44.7 Å². The van der Waals surface area contributed by atoms with Crippen molar-refractivity contribution in [3.63, 3.8) is 0 Å². The maximum Gasteiger partial charge on any atom is 0.342 e. The molecule has 12 N–H and O–H groups in total. The Kier molecular flexibility index (Phi) is 15.1. The molecule has 23 heteroatoms. The molecule has 2 aromatic heterocycles. The van der Waals surface area contributed by atoms with E-state index in [2.05, 4.69) is 15.1 Å². The summed E-state index contributed by atoms with van der Waals surface area (Å²) >= 11 is 1.10. The molecule has 0 saturated carbocycles. The Morgan fingerprint density at radius 2 is 1.67 bits per heavy atom. The Morgan fingerprint density at radius 3 is 2.19 bits per heavy atom. The van der Waals surface area contributed by atoms with Crippen LogP contribution in [0.4, 0.5) is 0 Å². The number of thiazole rings is 1. The van der Waals surface area contributed by atoms with E-state index in [1.165, 1.54) is 12.5 Å². The molecule has 22 nitrogen and oxygen atoms in total. The first-order chi connectivity index (χ1) is 26.9. The molecule has 57 heavy (non-hydrogen) atoms. The molecule has 8 atom stereocenters. The summed E-state index contributed by atoms with van der Waals surface area (Å²) < 4.78 is 21.9. The van der Waals surface area contributed by atoms with Crippen molar-refractivity contribution >= 4 is 35.1 Å². The Labute approximate surface area is 327 Å². The molecule has 0 spiro atoms. The summed E-state index contributed by atoms with van der Waals surface area (Å²) in [6.07, 6.45) is -4.64. The van der Waals surface area contributed by atoms with Crippen LogP contribution in [0.2, 0.25) is 0 Å². The fraction of sp³-hybridized carbons (Fsp3) is 0.500. The second kappa shape index (κ2) is 19.4. The van der Waals surface area contributed by atoms with Gasteiger partial charge in [0.15, 0.2) is 6.23 Å². The maximum absolute atomic E-state index is 11.8. The number of fused-ring (bicyclic) bond motifs is 1. The second-order valence-corrected chi connectivity index (χ2v) is 13.8. The van der Waals surface area contributed by atoms with Gasteiger partial charge in [0.25, 0.3) is 11.8 Å². The first-order valence-corrected chi connectivity index (χ1v) is 18.0. The van der Waals surface area contributed by atoms with Crippen molar-refractivity contribution in [2.24, 2.45) is 11.5 Å². The normalized spacial score (nSPS) is 25.1. The third-order valence-electron chi connectivity index (χ3n) is 9.10. The number of aromatic nitrogens is 4. The number of carboxylic acids is 1. The van der Waals surface area contributed by atoms with Crippen LogP contribution >= 0.6 is 11.3 Å². The highest BCUT2D eigenvalue weighted by Gasteiger charge is 2.45. The van der Waals surface area contributed by atoms with Crippen molar-refractivity contribution in [3.8, 4) is 11.5 Å². The lowest BCUT2D eigenvalue weighted by atomic mass is 9.94. The predicted molar refractivity (Wildman–Crippen MR) is 192 cm³/mol. The summed E-state index contributed by atoms with van der Waals surface area (Å²) in [5.74, 6) is -2.67. The number of phenolic OH excluding ortho intramolecular Hbond substituents is 1. The van der Waals surface area contributed by atoms with E-state index in [4.69, 9.17) is 45.7 Å². The van der Waals surface area contributed by atoms with Crippen LogP contribution in [0.1, 0.15) is 85.3 Å². The molecule has 3 aliphatic heterocycles. The van der Waals surface area contributed by atoms with Crippen LogP contribution in [0, 0.1) is 6.92 Å². The van der Waals surface area contributed by atoms with Gasteiger partial charge in [0, 0.05) is 22.9 Å². The molecule has 0 unspecified atom stereocenters. The van der Waals surface area contributed by atoms with Crippen LogP contribution in [0.15, 0.2) is 23.4 Å². The molecule has 3 aliphatic rings. The number of aliphatic carboxylic acids is 1. The van der Waals surface area contributed by atoms with Gasteiger partial charge in [-0.15, -0.1) is 16.4 Å². The quantitative estimate of drug-likeness (QED) is 0.0705. The number of rotatable bonds is 12. The van der Waals surface area contributed by atoms with Crippen molar-refractivity contribution in [2.75, 3.05) is 20.3 Å². The van der Waals surface area contributed by atoms with Gasteiger partial charge < -0.3 is 71.3 Å². The van der Waals surface area contributed by atoms with E-state index in [-0.39, 0.29) is 35.9 Å². The van der Waals surface area contributed by atoms with Crippen molar-refractivity contribution in [2.45, 2.75) is 88.7 Å². The van der Waals surface area contributed by atoms with E-state index < -0.39 is 85.9 Å². The molecule has 2 saturated heterocycles. The number of aliphatic hydroxyl groups is 6. The third kappa shape index (κ3) is 10.1. The Hall–Kier alpha value is -5.11. The largest absolute Gasteiger partial charge is 0.507 e. The SMILES string of the molecule is COc1c(C)c2c(c(O)c1C/C=C(\C)CCC(=O)O)C(=O)OC2.NC(=O)c1csc([C@@H]2O[C@H](CO)[C@@H](O)[C@H]2O)n1.NC(=O)c1ncn([C@@H]2O[C@H](CO)[C@@H](O)[C@H]2O)n1. The summed E-state index contributed by atoms with van der Waals surface area (Å²) in [4.78, 5) is 51.6. The number of nitrogens with two attached hydrogens (primary N) is 2. The fourth-order valence-corrected chi connectivity index (χ4v) is 6.84. The van der Waals surface area contributed by atoms with E-state index in [0.717, 1.165) is 33.5 Å². The lowest BCUT2D eigenvalue weighted by Crippen LogP contribution is -2.33. The number of methoxy groups -OCH3 is 1. The first kappa shape index (κ1) is 44.6. The monoisotopic (exact) mass is 824 g/mol. The number of primary amides is 2. The van der Waals surface area contributed by atoms with Crippen LogP contribution in [-0.2, 0) is 32.0 Å². The molecule has 0 bridgehead atoms. The Bertz CT molecular complexity index is 1890. The van der Waals surface area contributed by atoms with Crippen LogP contribution < -0.4 is 16.2 Å². The summed E-state index contributed by atoms with van der Waals surface area (Å²) in [7, 11) is 1.51. The number of hydrogen-bond acceptors (Lipinski definition) is 19. The van der Waals surface area contributed by atoms with E-state index >= 15 is 0 Å². The number of benzene rings is 1. The minimum Gasteiger partial charge on any atom is -0.507 e. The number of aromatic hydroxyl groups is 1. The van der Waals surface area contributed by atoms with Gasteiger partial charge in [-0.1, -0.05) is 11.6 Å². The Balaban J connectivity index is 0.000000193. The molecule has 312 valence electrons. The van der Waals surface area contributed by atoms with Crippen molar-refractivity contribution in [1.29, 1.82) is 0 Å². The van der Waals surface area contributed by atoms with Crippen molar-refractivity contribution < 1.29 is 79.0 Å². The van der Waals surface area contributed by atoms with Crippen molar-refractivity contribution in [3.05, 3.63) is 62.1 Å².